The number of carbonyl (C=O) groups is 1. The Labute approximate surface area is 173 Å². The number of phenols is 1. The number of nitro benzene ring substituents is 1. The van der Waals surface area contributed by atoms with E-state index >= 15 is 0 Å². The molecule has 8 nitrogen and oxygen atoms in total. The lowest BCUT2D eigenvalue weighted by atomic mass is 10.1. The van der Waals surface area contributed by atoms with Crippen LogP contribution in [0.5, 0.6) is 11.5 Å². The smallest absolute Gasteiger partial charge is 0.275 e. The van der Waals surface area contributed by atoms with Gasteiger partial charge in [-0.25, -0.2) is 5.43 Å². The molecule has 0 aromatic heterocycles. The van der Waals surface area contributed by atoms with E-state index in [4.69, 9.17) is 4.74 Å². The molecule has 0 heterocycles. The Morgan fingerprint density at radius 3 is 2.57 bits per heavy atom. The van der Waals surface area contributed by atoms with Gasteiger partial charge >= 0.3 is 0 Å². The highest BCUT2D eigenvalue weighted by Gasteiger charge is 2.15. The molecular formula is C19H14IN3O5. The first-order valence-corrected chi connectivity index (χ1v) is 9.05. The molecule has 0 unspecified atom stereocenters. The molecule has 142 valence electrons. The molecule has 2 N–H and O–H groups in total. The van der Waals surface area contributed by atoms with Crippen LogP contribution in [0.1, 0.15) is 15.9 Å². The maximum atomic E-state index is 12.5. The van der Waals surface area contributed by atoms with Crippen LogP contribution in [0.15, 0.2) is 53.6 Å². The number of aromatic hydroxyl groups is 1. The van der Waals surface area contributed by atoms with Crippen molar-refractivity contribution in [2.75, 3.05) is 7.11 Å². The number of ether oxygens (including phenoxy) is 1. The summed E-state index contributed by atoms with van der Waals surface area (Å²) in [5.41, 5.74) is 2.56. The lowest BCUT2D eigenvalue weighted by molar-refractivity contribution is -0.385. The highest BCUT2D eigenvalue weighted by atomic mass is 127. The van der Waals surface area contributed by atoms with E-state index in [-0.39, 0.29) is 22.6 Å². The van der Waals surface area contributed by atoms with E-state index in [0.717, 1.165) is 17.0 Å². The molecule has 0 atom stereocenters. The van der Waals surface area contributed by atoms with E-state index in [1.165, 1.54) is 19.2 Å². The fraction of sp³-hybridized carbons (Fsp3) is 0.0526. The zero-order chi connectivity index (χ0) is 20.3. The number of amides is 1. The topological polar surface area (TPSA) is 114 Å². The first-order valence-electron chi connectivity index (χ1n) is 7.98. The normalized spacial score (nSPS) is 10.9. The number of hydrogen-bond donors (Lipinski definition) is 2. The third-order valence-electron chi connectivity index (χ3n) is 3.97. The first-order chi connectivity index (χ1) is 13.4. The maximum Gasteiger partial charge on any atom is 0.275 e. The molecule has 0 saturated carbocycles. The van der Waals surface area contributed by atoms with E-state index in [0.29, 0.717) is 9.32 Å². The fourth-order valence-electron chi connectivity index (χ4n) is 2.60. The Balaban J connectivity index is 1.86. The van der Waals surface area contributed by atoms with Crippen molar-refractivity contribution in [2.24, 2.45) is 5.10 Å². The van der Waals surface area contributed by atoms with Crippen LogP contribution in [0.2, 0.25) is 0 Å². The van der Waals surface area contributed by atoms with Gasteiger partial charge in [0.2, 0.25) is 0 Å². The summed E-state index contributed by atoms with van der Waals surface area (Å²) in [6, 6.07) is 13.4. The van der Waals surface area contributed by atoms with Crippen molar-refractivity contribution in [3.63, 3.8) is 0 Å². The minimum absolute atomic E-state index is 0.115. The van der Waals surface area contributed by atoms with Crippen molar-refractivity contribution in [3.05, 3.63) is 73.3 Å². The van der Waals surface area contributed by atoms with Gasteiger partial charge in [-0.2, -0.15) is 5.10 Å². The Kier molecular flexibility index (Phi) is 5.73. The molecule has 3 aromatic carbocycles. The van der Waals surface area contributed by atoms with Gasteiger partial charge in [0.1, 0.15) is 11.5 Å². The van der Waals surface area contributed by atoms with Crippen LogP contribution >= 0.6 is 22.6 Å². The lowest BCUT2D eigenvalue weighted by Crippen LogP contribution is -2.18. The van der Waals surface area contributed by atoms with Gasteiger partial charge in [-0.05, 0) is 45.5 Å². The number of nitrogens with one attached hydrogen (secondary N) is 1. The number of phenolic OH excluding ortho intramolecular Hbond substituents is 1. The lowest BCUT2D eigenvalue weighted by Gasteiger charge is -2.09. The molecule has 28 heavy (non-hydrogen) atoms. The molecule has 0 radical (unpaired) electrons. The summed E-state index contributed by atoms with van der Waals surface area (Å²) < 4.78 is 5.59. The van der Waals surface area contributed by atoms with Crippen LogP contribution in [-0.4, -0.2) is 29.3 Å². The number of hydrogen-bond acceptors (Lipinski definition) is 6. The third kappa shape index (κ3) is 4.03. The number of carbonyl (C=O) groups excluding carboxylic acids is 1. The average Bonchev–Trinajstić information content (AvgIpc) is 2.69. The maximum absolute atomic E-state index is 12.5. The highest BCUT2D eigenvalue weighted by Crippen LogP contribution is 2.28. The minimum Gasteiger partial charge on any atom is -0.506 e. The molecule has 0 spiro atoms. The standard InChI is InChI=1S/C19H14IN3O5/c1-28-17-8-12-5-3-2-4-11(12)7-15(17)19(25)22-21-10-13-6-14(23(26)27)9-16(20)18(13)24/h2-10,24H,1H3,(H,22,25)/b21-10-. The quantitative estimate of drug-likeness (QED) is 0.244. The van der Waals surface area contributed by atoms with Crippen molar-refractivity contribution in [1.82, 2.24) is 5.43 Å². The fourth-order valence-corrected chi connectivity index (χ4v) is 3.23. The van der Waals surface area contributed by atoms with Gasteiger partial charge < -0.3 is 9.84 Å². The van der Waals surface area contributed by atoms with Crippen LogP contribution in [-0.2, 0) is 0 Å². The number of halogens is 1. The van der Waals surface area contributed by atoms with E-state index < -0.39 is 10.8 Å². The monoisotopic (exact) mass is 491 g/mol. The summed E-state index contributed by atoms with van der Waals surface area (Å²) in [7, 11) is 1.47. The Morgan fingerprint density at radius 1 is 1.25 bits per heavy atom. The van der Waals surface area contributed by atoms with Gasteiger partial charge in [-0.3, -0.25) is 14.9 Å². The molecule has 3 aromatic rings. The first kappa shape index (κ1) is 19.5. The summed E-state index contributed by atoms with van der Waals surface area (Å²) in [4.78, 5) is 22.9. The second-order valence-electron chi connectivity index (χ2n) is 5.72. The van der Waals surface area contributed by atoms with Crippen LogP contribution in [0.25, 0.3) is 10.8 Å². The van der Waals surface area contributed by atoms with Crippen molar-refractivity contribution >= 4 is 51.2 Å². The molecule has 0 aliphatic carbocycles. The van der Waals surface area contributed by atoms with E-state index in [2.05, 4.69) is 10.5 Å². The van der Waals surface area contributed by atoms with Crippen LogP contribution < -0.4 is 10.2 Å². The van der Waals surface area contributed by atoms with Gasteiger partial charge in [0, 0.05) is 17.7 Å². The Morgan fingerprint density at radius 2 is 1.93 bits per heavy atom. The van der Waals surface area contributed by atoms with Crippen molar-refractivity contribution in [1.29, 1.82) is 0 Å². The van der Waals surface area contributed by atoms with Gasteiger partial charge in [-0.15, -0.1) is 0 Å². The summed E-state index contributed by atoms with van der Waals surface area (Å²) in [5.74, 6) is -0.287. The Bertz CT molecular complexity index is 1110. The number of rotatable bonds is 5. The Hall–Kier alpha value is -3.21. The van der Waals surface area contributed by atoms with Crippen molar-refractivity contribution in [2.45, 2.75) is 0 Å². The molecular weight excluding hydrogens is 477 g/mol. The number of methoxy groups -OCH3 is 1. The van der Waals surface area contributed by atoms with Crippen molar-refractivity contribution in [3.8, 4) is 11.5 Å². The number of benzene rings is 3. The summed E-state index contributed by atoms with van der Waals surface area (Å²) in [6.45, 7) is 0. The van der Waals surface area contributed by atoms with Crippen LogP contribution in [0.3, 0.4) is 0 Å². The number of non-ortho nitro benzene ring substituents is 1. The molecule has 0 aliphatic rings. The van der Waals surface area contributed by atoms with E-state index in [9.17, 15) is 20.0 Å². The summed E-state index contributed by atoms with van der Waals surface area (Å²) >= 11 is 1.78. The molecule has 0 fully saturated rings. The van der Waals surface area contributed by atoms with Crippen LogP contribution in [0.4, 0.5) is 5.69 Å². The van der Waals surface area contributed by atoms with Gasteiger partial charge in [0.25, 0.3) is 11.6 Å². The van der Waals surface area contributed by atoms with Gasteiger partial charge in [0.15, 0.2) is 0 Å². The summed E-state index contributed by atoms with van der Waals surface area (Å²) in [5, 5.41) is 26.6. The summed E-state index contributed by atoms with van der Waals surface area (Å²) in [6.07, 6.45) is 1.15. The molecule has 1 amide bonds. The third-order valence-corrected chi connectivity index (χ3v) is 4.79. The number of fused-ring (bicyclic) bond motifs is 1. The minimum atomic E-state index is -0.572. The van der Waals surface area contributed by atoms with E-state index in [1.807, 2.05) is 24.3 Å². The van der Waals surface area contributed by atoms with Gasteiger partial charge in [0.05, 0.1) is 27.4 Å². The van der Waals surface area contributed by atoms with Gasteiger partial charge in [-0.1, -0.05) is 24.3 Å². The van der Waals surface area contributed by atoms with Crippen molar-refractivity contribution < 1.29 is 19.6 Å². The SMILES string of the molecule is COc1cc2ccccc2cc1C(=O)N/N=C\c1cc([N+](=O)[O-])cc(I)c1O. The van der Waals surface area contributed by atoms with Crippen LogP contribution in [0, 0.1) is 13.7 Å². The molecule has 3 rings (SSSR count). The molecule has 0 aliphatic heterocycles. The predicted molar refractivity (Wildman–Crippen MR) is 113 cm³/mol. The van der Waals surface area contributed by atoms with E-state index in [1.54, 1.807) is 34.7 Å². The molecule has 9 heteroatoms. The number of hydrazone groups is 1. The molecule has 0 bridgehead atoms. The largest absolute Gasteiger partial charge is 0.506 e. The second-order valence-corrected chi connectivity index (χ2v) is 6.88. The number of nitro groups is 1. The average molecular weight is 491 g/mol. The zero-order valence-corrected chi connectivity index (χ0v) is 16.7. The zero-order valence-electron chi connectivity index (χ0n) is 14.5. The predicted octanol–water partition coefficient (Wildman–Crippen LogP) is 3.83. The second kappa shape index (κ2) is 8.21. The number of nitrogens with zero attached hydrogens (tertiary/aromatic N) is 2. The molecule has 0 saturated heterocycles. The highest BCUT2D eigenvalue weighted by molar-refractivity contribution is 14.1.